The van der Waals surface area contributed by atoms with Crippen molar-refractivity contribution in [2.45, 2.75) is 18.9 Å². The van der Waals surface area contributed by atoms with Gasteiger partial charge in [-0.15, -0.1) is 0 Å². The molecule has 1 aromatic rings. The third-order valence-corrected chi connectivity index (χ3v) is 2.87. The van der Waals surface area contributed by atoms with Crippen molar-refractivity contribution in [1.29, 1.82) is 0 Å². The number of nitrogen functional groups attached to an aromatic ring is 1. The van der Waals surface area contributed by atoms with Crippen LogP contribution in [-0.2, 0) is 4.74 Å². The van der Waals surface area contributed by atoms with Crippen molar-refractivity contribution in [3.8, 4) is 0 Å². The summed E-state index contributed by atoms with van der Waals surface area (Å²) in [6.07, 6.45) is 3.82. The van der Waals surface area contributed by atoms with Crippen molar-refractivity contribution in [1.82, 2.24) is 9.97 Å². The van der Waals surface area contributed by atoms with Gasteiger partial charge in [-0.05, 0) is 18.9 Å². The SMILES string of the molecule is Nc1nccc(N2CCC(OCCO)CC2)n1. The van der Waals surface area contributed by atoms with Crippen LogP contribution in [0.2, 0.25) is 0 Å². The molecule has 0 bridgehead atoms. The molecule has 0 aliphatic carbocycles. The Kier molecular flexibility index (Phi) is 4.11. The molecule has 17 heavy (non-hydrogen) atoms. The number of aliphatic hydroxyl groups excluding tert-OH is 1. The highest BCUT2D eigenvalue weighted by Gasteiger charge is 2.20. The van der Waals surface area contributed by atoms with E-state index in [1.54, 1.807) is 6.20 Å². The fourth-order valence-corrected chi connectivity index (χ4v) is 2.01. The Morgan fingerprint density at radius 1 is 1.47 bits per heavy atom. The molecule has 2 heterocycles. The molecule has 1 aromatic heterocycles. The van der Waals surface area contributed by atoms with Gasteiger partial charge >= 0.3 is 0 Å². The molecule has 1 saturated heterocycles. The molecule has 2 rings (SSSR count). The Balaban J connectivity index is 1.86. The lowest BCUT2D eigenvalue weighted by Gasteiger charge is -2.32. The molecule has 6 heteroatoms. The minimum absolute atomic E-state index is 0.0860. The van der Waals surface area contributed by atoms with Crippen molar-refractivity contribution in [2.75, 3.05) is 36.9 Å². The third kappa shape index (κ3) is 3.28. The number of hydrogen-bond donors (Lipinski definition) is 2. The number of nitrogens with zero attached hydrogens (tertiary/aromatic N) is 3. The Bertz CT molecular complexity index is 353. The molecular formula is C11H18N4O2. The van der Waals surface area contributed by atoms with Crippen molar-refractivity contribution in [2.24, 2.45) is 0 Å². The van der Waals surface area contributed by atoms with Crippen LogP contribution in [-0.4, -0.2) is 47.5 Å². The van der Waals surface area contributed by atoms with Crippen molar-refractivity contribution in [3.05, 3.63) is 12.3 Å². The van der Waals surface area contributed by atoms with E-state index < -0.39 is 0 Å². The van der Waals surface area contributed by atoms with Gasteiger partial charge in [-0.3, -0.25) is 0 Å². The van der Waals surface area contributed by atoms with E-state index in [2.05, 4.69) is 14.9 Å². The van der Waals surface area contributed by atoms with Gasteiger partial charge in [0.15, 0.2) is 0 Å². The van der Waals surface area contributed by atoms with Crippen LogP contribution in [0.25, 0.3) is 0 Å². The minimum atomic E-state index is 0.0860. The number of aromatic nitrogens is 2. The van der Waals surface area contributed by atoms with E-state index in [4.69, 9.17) is 15.6 Å². The van der Waals surface area contributed by atoms with Gasteiger partial charge in [-0.2, -0.15) is 4.98 Å². The number of anilines is 2. The summed E-state index contributed by atoms with van der Waals surface area (Å²) in [6, 6.07) is 1.87. The van der Waals surface area contributed by atoms with E-state index in [0.29, 0.717) is 12.6 Å². The monoisotopic (exact) mass is 238 g/mol. The van der Waals surface area contributed by atoms with Crippen molar-refractivity contribution < 1.29 is 9.84 Å². The standard InChI is InChI=1S/C11H18N4O2/c12-11-13-4-1-10(14-11)15-5-2-9(3-6-15)17-8-7-16/h1,4,9,16H,2-3,5-8H2,(H2,12,13,14). The normalized spacial score (nSPS) is 17.4. The van der Waals surface area contributed by atoms with E-state index in [0.717, 1.165) is 31.7 Å². The highest BCUT2D eigenvalue weighted by molar-refractivity contribution is 5.41. The van der Waals surface area contributed by atoms with Gasteiger partial charge in [0.2, 0.25) is 5.95 Å². The number of hydrogen-bond acceptors (Lipinski definition) is 6. The fraction of sp³-hybridized carbons (Fsp3) is 0.636. The van der Waals surface area contributed by atoms with E-state index in [1.165, 1.54) is 0 Å². The summed E-state index contributed by atoms with van der Waals surface area (Å²) < 4.78 is 5.51. The average Bonchev–Trinajstić information content (AvgIpc) is 2.37. The van der Waals surface area contributed by atoms with Crippen LogP contribution in [0, 0.1) is 0 Å². The molecule has 1 aliphatic rings. The summed E-state index contributed by atoms with van der Waals surface area (Å²) in [7, 11) is 0. The van der Waals surface area contributed by atoms with E-state index in [-0.39, 0.29) is 12.7 Å². The van der Waals surface area contributed by atoms with Gasteiger partial charge in [0.1, 0.15) is 5.82 Å². The number of piperidine rings is 1. The first-order chi connectivity index (χ1) is 8.29. The summed E-state index contributed by atoms with van der Waals surface area (Å²) in [4.78, 5) is 10.3. The van der Waals surface area contributed by atoms with Gasteiger partial charge in [0.05, 0.1) is 19.3 Å². The van der Waals surface area contributed by atoms with Crippen molar-refractivity contribution >= 4 is 11.8 Å². The van der Waals surface area contributed by atoms with Crippen molar-refractivity contribution in [3.63, 3.8) is 0 Å². The largest absolute Gasteiger partial charge is 0.394 e. The first kappa shape index (κ1) is 12.1. The molecule has 1 aliphatic heterocycles. The second kappa shape index (κ2) is 5.79. The molecule has 1 fully saturated rings. The van der Waals surface area contributed by atoms with Crippen LogP contribution in [0.3, 0.4) is 0 Å². The Morgan fingerprint density at radius 3 is 2.88 bits per heavy atom. The summed E-state index contributed by atoms with van der Waals surface area (Å²) in [6.45, 7) is 2.30. The number of ether oxygens (including phenoxy) is 1. The van der Waals surface area contributed by atoms with Crippen LogP contribution >= 0.6 is 0 Å². The zero-order valence-electron chi connectivity index (χ0n) is 9.75. The summed E-state index contributed by atoms with van der Waals surface area (Å²) in [5.74, 6) is 1.18. The van der Waals surface area contributed by atoms with Gasteiger partial charge in [-0.25, -0.2) is 4.98 Å². The van der Waals surface area contributed by atoms with Crippen LogP contribution in [0.1, 0.15) is 12.8 Å². The second-order valence-electron chi connectivity index (χ2n) is 4.05. The highest BCUT2D eigenvalue weighted by Crippen LogP contribution is 2.19. The molecule has 0 saturated carbocycles. The molecule has 0 unspecified atom stereocenters. The minimum Gasteiger partial charge on any atom is -0.394 e. The molecule has 3 N–H and O–H groups in total. The maximum absolute atomic E-state index is 8.69. The first-order valence-corrected chi connectivity index (χ1v) is 5.85. The summed E-state index contributed by atoms with van der Waals surface area (Å²) >= 11 is 0. The van der Waals surface area contributed by atoms with Gasteiger partial charge in [-0.1, -0.05) is 0 Å². The Hall–Kier alpha value is -1.40. The number of aliphatic hydroxyl groups is 1. The van der Waals surface area contributed by atoms with Crippen LogP contribution in [0.4, 0.5) is 11.8 Å². The quantitative estimate of drug-likeness (QED) is 0.770. The summed E-state index contributed by atoms with van der Waals surface area (Å²) in [5.41, 5.74) is 5.56. The maximum atomic E-state index is 8.69. The lowest BCUT2D eigenvalue weighted by molar-refractivity contribution is 0.0158. The average molecular weight is 238 g/mol. The maximum Gasteiger partial charge on any atom is 0.221 e. The van der Waals surface area contributed by atoms with Crippen LogP contribution in [0.15, 0.2) is 12.3 Å². The lowest BCUT2D eigenvalue weighted by atomic mass is 10.1. The van der Waals surface area contributed by atoms with E-state index >= 15 is 0 Å². The molecule has 0 spiro atoms. The fourth-order valence-electron chi connectivity index (χ4n) is 2.01. The molecular weight excluding hydrogens is 220 g/mol. The first-order valence-electron chi connectivity index (χ1n) is 5.85. The topological polar surface area (TPSA) is 84.5 Å². The van der Waals surface area contributed by atoms with Gasteiger partial charge < -0.3 is 20.5 Å². The molecule has 0 amide bonds. The van der Waals surface area contributed by atoms with Crippen LogP contribution in [0.5, 0.6) is 0 Å². The molecule has 0 radical (unpaired) electrons. The lowest BCUT2D eigenvalue weighted by Crippen LogP contribution is -2.37. The smallest absolute Gasteiger partial charge is 0.221 e. The number of nitrogens with two attached hydrogens (primary N) is 1. The predicted octanol–water partition coefficient (Wildman–Crippen LogP) is 0.0365. The molecule has 6 nitrogen and oxygen atoms in total. The van der Waals surface area contributed by atoms with E-state index in [9.17, 15) is 0 Å². The number of rotatable bonds is 4. The van der Waals surface area contributed by atoms with E-state index in [1.807, 2.05) is 6.07 Å². The predicted molar refractivity (Wildman–Crippen MR) is 64.7 cm³/mol. The molecule has 94 valence electrons. The molecule has 0 atom stereocenters. The third-order valence-electron chi connectivity index (χ3n) is 2.87. The zero-order valence-corrected chi connectivity index (χ0v) is 9.75. The molecule has 0 aromatic carbocycles. The summed E-state index contributed by atoms with van der Waals surface area (Å²) in [5, 5.41) is 8.69. The van der Waals surface area contributed by atoms with Crippen LogP contribution < -0.4 is 10.6 Å². The van der Waals surface area contributed by atoms with Gasteiger partial charge in [0.25, 0.3) is 0 Å². The Labute approximate surface area is 100 Å². The van der Waals surface area contributed by atoms with Gasteiger partial charge in [0, 0.05) is 19.3 Å². The zero-order chi connectivity index (χ0) is 12.1. The Morgan fingerprint density at radius 2 is 2.24 bits per heavy atom. The highest BCUT2D eigenvalue weighted by atomic mass is 16.5. The second-order valence-corrected chi connectivity index (χ2v) is 4.05.